The van der Waals surface area contributed by atoms with E-state index in [9.17, 15) is 18.0 Å². The van der Waals surface area contributed by atoms with Crippen LogP contribution >= 0.6 is 11.6 Å². The highest BCUT2D eigenvalue weighted by molar-refractivity contribution is 6.19. The lowest BCUT2D eigenvalue weighted by Gasteiger charge is -2.08. The normalized spacial score (nSPS) is 10.4. The van der Waals surface area contributed by atoms with E-state index in [0.29, 0.717) is 0 Å². The molecule has 17 heavy (non-hydrogen) atoms. The fourth-order valence-electron chi connectivity index (χ4n) is 1.08. The summed E-state index contributed by atoms with van der Waals surface area (Å²) in [4.78, 5) is 11.1. The molecule has 0 atom stereocenters. The van der Waals surface area contributed by atoms with Crippen molar-refractivity contribution in [2.24, 2.45) is 0 Å². The van der Waals surface area contributed by atoms with Crippen molar-refractivity contribution in [3.05, 3.63) is 24.0 Å². The van der Waals surface area contributed by atoms with E-state index in [1.165, 1.54) is 6.07 Å². The van der Waals surface area contributed by atoms with Gasteiger partial charge in [-0.25, -0.2) is 4.39 Å². The Kier molecular flexibility index (Phi) is 5.09. The number of carbonyl (C=O) groups excluding carboxylic acids is 1. The van der Waals surface area contributed by atoms with Crippen molar-refractivity contribution in [1.82, 2.24) is 0 Å². The number of halogens is 4. The van der Waals surface area contributed by atoms with Crippen LogP contribution in [0.4, 0.5) is 18.9 Å². The van der Waals surface area contributed by atoms with Gasteiger partial charge in [0.15, 0.2) is 11.6 Å². The molecule has 7 heteroatoms. The monoisotopic (exact) mass is 267 g/mol. The van der Waals surface area contributed by atoms with Gasteiger partial charge in [-0.3, -0.25) is 4.79 Å². The smallest absolute Gasteiger partial charge is 0.387 e. The van der Waals surface area contributed by atoms with Crippen molar-refractivity contribution >= 4 is 23.2 Å². The number of nitrogens with one attached hydrogen (secondary N) is 1. The van der Waals surface area contributed by atoms with Crippen molar-refractivity contribution in [3.8, 4) is 5.75 Å². The van der Waals surface area contributed by atoms with E-state index >= 15 is 0 Å². The molecule has 0 bridgehead atoms. The predicted molar refractivity (Wildman–Crippen MR) is 57.0 cm³/mol. The van der Waals surface area contributed by atoms with E-state index < -0.39 is 18.2 Å². The molecule has 0 unspecified atom stereocenters. The van der Waals surface area contributed by atoms with Crippen LogP contribution in [0.1, 0.15) is 6.42 Å². The fourth-order valence-corrected chi connectivity index (χ4v) is 1.25. The zero-order chi connectivity index (χ0) is 12.8. The SMILES string of the molecule is O=C(CCCl)Nc1ccc(OC(F)F)c(F)c1. The Morgan fingerprint density at radius 2 is 2.18 bits per heavy atom. The molecule has 1 N–H and O–H groups in total. The highest BCUT2D eigenvalue weighted by Gasteiger charge is 2.11. The van der Waals surface area contributed by atoms with Gasteiger partial charge in [-0.1, -0.05) is 0 Å². The van der Waals surface area contributed by atoms with Gasteiger partial charge in [0.25, 0.3) is 0 Å². The lowest BCUT2D eigenvalue weighted by atomic mass is 10.3. The van der Waals surface area contributed by atoms with Gasteiger partial charge in [0.05, 0.1) is 0 Å². The lowest BCUT2D eigenvalue weighted by molar-refractivity contribution is -0.115. The molecule has 1 amide bonds. The number of rotatable bonds is 5. The number of benzene rings is 1. The zero-order valence-corrected chi connectivity index (χ0v) is 9.31. The summed E-state index contributed by atoms with van der Waals surface area (Å²) < 4.78 is 40.8. The first-order valence-electron chi connectivity index (χ1n) is 4.63. The first kappa shape index (κ1) is 13.6. The Morgan fingerprint density at radius 1 is 1.47 bits per heavy atom. The van der Waals surface area contributed by atoms with Crippen LogP contribution in [0.25, 0.3) is 0 Å². The molecular formula is C10H9ClF3NO2. The molecule has 0 saturated heterocycles. The second kappa shape index (κ2) is 6.34. The van der Waals surface area contributed by atoms with Crippen LogP contribution in [0.5, 0.6) is 5.75 Å². The Morgan fingerprint density at radius 3 is 2.71 bits per heavy atom. The summed E-state index contributed by atoms with van der Waals surface area (Å²) in [6, 6.07) is 3.16. The van der Waals surface area contributed by atoms with Gasteiger partial charge in [0.1, 0.15) is 0 Å². The maximum absolute atomic E-state index is 13.2. The third-order valence-corrected chi connectivity index (χ3v) is 1.94. The van der Waals surface area contributed by atoms with Crippen LogP contribution in [0.3, 0.4) is 0 Å². The van der Waals surface area contributed by atoms with Crippen LogP contribution < -0.4 is 10.1 Å². The van der Waals surface area contributed by atoms with Crippen molar-refractivity contribution in [2.75, 3.05) is 11.2 Å². The van der Waals surface area contributed by atoms with Crippen molar-refractivity contribution in [3.63, 3.8) is 0 Å². The van der Waals surface area contributed by atoms with Gasteiger partial charge in [-0.05, 0) is 12.1 Å². The van der Waals surface area contributed by atoms with E-state index in [-0.39, 0.29) is 23.9 Å². The number of anilines is 1. The van der Waals surface area contributed by atoms with Gasteiger partial charge in [-0.2, -0.15) is 8.78 Å². The van der Waals surface area contributed by atoms with Gasteiger partial charge in [0, 0.05) is 24.1 Å². The summed E-state index contributed by atoms with van der Waals surface area (Å²) in [5.41, 5.74) is 0.152. The van der Waals surface area contributed by atoms with Crippen molar-refractivity contribution < 1.29 is 22.7 Å². The van der Waals surface area contributed by atoms with Crippen LogP contribution in [0.15, 0.2) is 18.2 Å². The molecule has 0 spiro atoms. The highest BCUT2D eigenvalue weighted by Crippen LogP contribution is 2.22. The molecule has 0 aliphatic carbocycles. The van der Waals surface area contributed by atoms with Gasteiger partial charge in [0.2, 0.25) is 5.91 Å². The average molecular weight is 268 g/mol. The highest BCUT2D eigenvalue weighted by atomic mass is 35.5. The van der Waals surface area contributed by atoms with Crippen LogP contribution in [-0.2, 0) is 4.79 Å². The van der Waals surface area contributed by atoms with E-state index in [0.717, 1.165) is 12.1 Å². The number of hydrogen-bond donors (Lipinski definition) is 1. The minimum Gasteiger partial charge on any atom is -0.432 e. The fraction of sp³-hybridized carbons (Fsp3) is 0.300. The topological polar surface area (TPSA) is 38.3 Å². The Bertz CT molecular complexity index is 401. The standard InChI is InChI=1S/C10H9ClF3NO2/c11-4-3-9(16)15-6-1-2-8(7(12)5-6)17-10(13)14/h1-2,5,10H,3-4H2,(H,15,16). The minimum absolute atomic E-state index is 0.0818. The summed E-state index contributed by atoms with van der Waals surface area (Å²) in [6.07, 6.45) is 0.0818. The molecule has 94 valence electrons. The number of amides is 1. The Hall–Kier alpha value is -1.43. The second-order valence-electron chi connectivity index (χ2n) is 3.01. The van der Waals surface area contributed by atoms with Crippen LogP contribution in [0.2, 0.25) is 0 Å². The number of alkyl halides is 3. The molecule has 0 fully saturated rings. The molecule has 1 rings (SSSR count). The van der Waals surface area contributed by atoms with E-state index in [2.05, 4.69) is 10.1 Å². The van der Waals surface area contributed by atoms with Gasteiger partial charge >= 0.3 is 6.61 Å². The average Bonchev–Trinajstić information content (AvgIpc) is 2.22. The van der Waals surface area contributed by atoms with E-state index in [1.807, 2.05) is 0 Å². The van der Waals surface area contributed by atoms with Gasteiger partial charge < -0.3 is 10.1 Å². The lowest BCUT2D eigenvalue weighted by Crippen LogP contribution is -2.12. The van der Waals surface area contributed by atoms with Crippen molar-refractivity contribution in [2.45, 2.75) is 13.0 Å². The van der Waals surface area contributed by atoms with E-state index in [1.54, 1.807) is 0 Å². The van der Waals surface area contributed by atoms with Crippen molar-refractivity contribution in [1.29, 1.82) is 0 Å². The third kappa shape index (κ3) is 4.52. The first-order valence-corrected chi connectivity index (χ1v) is 5.16. The zero-order valence-electron chi connectivity index (χ0n) is 8.55. The number of hydrogen-bond acceptors (Lipinski definition) is 2. The van der Waals surface area contributed by atoms with Gasteiger partial charge in [-0.15, -0.1) is 11.6 Å². The molecular weight excluding hydrogens is 259 g/mol. The number of carbonyl (C=O) groups is 1. The number of ether oxygens (including phenoxy) is 1. The molecule has 0 saturated carbocycles. The summed E-state index contributed by atoms with van der Waals surface area (Å²) in [5.74, 6) is -1.80. The molecule has 1 aromatic rings. The molecule has 3 nitrogen and oxygen atoms in total. The Balaban J connectivity index is 2.71. The third-order valence-electron chi connectivity index (χ3n) is 1.75. The maximum atomic E-state index is 13.2. The first-order chi connectivity index (χ1) is 8.02. The van der Waals surface area contributed by atoms with Crippen LogP contribution in [-0.4, -0.2) is 18.4 Å². The summed E-state index contributed by atoms with van der Waals surface area (Å²) in [7, 11) is 0. The largest absolute Gasteiger partial charge is 0.432 e. The molecule has 0 aliphatic heterocycles. The van der Waals surface area contributed by atoms with Crippen LogP contribution in [0, 0.1) is 5.82 Å². The predicted octanol–water partition coefficient (Wildman–Crippen LogP) is 2.99. The molecule has 0 radical (unpaired) electrons. The minimum atomic E-state index is -3.10. The Labute approximate surface area is 101 Å². The van der Waals surface area contributed by atoms with E-state index in [4.69, 9.17) is 11.6 Å². The summed E-state index contributed by atoms with van der Waals surface area (Å²) in [5, 5.41) is 2.36. The summed E-state index contributed by atoms with van der Waals surface area (Å²) in [6.45, 7) is -3.10. The maximum Gasteiger partial charge on any atom is 0.387 e. The second-order valence-corrected chi connectivity index (χ2v) is 3.39. The molecule has 0 aliphatic rings. The molecule has 1 aromatic carbocycles. The summed E-state index contributed by atoms with van der Waals surface area (Å²) >= 11 is 5.34. The molecule has 0 aromatic heterocycles. The molecule has 0 heterocycles. The quantitative estimate of drug-likeness (QED) is 0.833.